The largest absolute Gasteiger partial charge is 0.375 e. The molecule has 0 aromatic heterocycles. The minimum atomic E-state index is 0.366. The van der Waals surface area contributed by atoms with Gasteiger partial charge in [-0.25, -0.2) is 0 Å². The molecule has 0 aliphatic rings. The molecule has 3 nitrogen and oxygen atoms in total. The molecule has 0 saturated carbocycles. The molecule has 0 aliphatic carbocycles. The van der Waals surface area contributed by atoms with Gasteiger partial charge in [-0.1, -0.05) is 0 Å². The predicted octanol–water partition coefficient (Wildman–Crippen LogP) is -3.68. The van der Waals surface area contributed by atoms with Gasteiger partial charge >= 0.3 is 6.48 Å². The number of hydrogen-bond acceptors (Lipinski definition) is 3. The van der Waals surface area contributed by atoms with Gasteiger partial charge in [0.1, 0.15) is 0 Å². The van der Waals surface area contributed by atoms with Crippen LogP contribution in [-0.4, -0.2) is 31.5 Å². The van der Waals surface area contributed by atoms with Crippen molar-refractivity contribution in [2.75, 3.05) is 0 Å². The molecule has 0 spiro atoms. The highest BCUT2D eigenvalue weighted by Gasteiger charge is 1.99. The first-order valence-electron chi connectivity index (χ1n) is 1.84. The normalized spacial score (nSPS) is 11.6. The Kier molecular flexibility index (Phi) is 5.04. The summed E-state index contributed by atoms with van der Waals surface area (Å²) in [7, 11) is 1.95. The zero-order chi connectivity index (χ0) is 5.70. The van der Waals surface area contributed by atoms with Crippen LogP contribution in [0.2, 0.25) is 0 Å². The van der Waals surface area contributed by atoms with Gasteiger partial charge in [-0.15, -0.1) is 0 Å². The van der Waals surface area contributed by atoms with Crippen LogP contribution >= 0.6 is 0 Å². The van der Waals surface area contributed by atoms with E-state index in [-0.39, 0.29) is 0 Å². The van der Waals surface area contributed by atoms with E-state index in [2.05, 4.69) is 0 Å². The van der Waals surface area contributed by atoms with Crippen LogP contribution in [0.3, 0.4) is 0 Å². The maximum absolute atomic E-state index is 4.73. The molecule has 0 aromatic rings. The Morgan fingerprint density at radius 1 is 0.857 bits per heavy atom. The minimum absolute atomic E-state index is 0.366. The van der Waals surface area contributed by atoms with E-state index < -0.39 is 0 Å². The van der Waals surface area contributed by atoms with E-state index in [0.29, 0.717) is 37.9 Å². The summed E-state index contributed by atoms with van der Waals surface area (Å²) in [5.74, 6) is 0. The predicted molar refractivity (Wildman–Crippen MR) is 36.3 cm³/mol. The first-order valence-corrected chi connectivity index (χ1v) is 4.29. The summed E-state index contributed by atoms with van der Waals surface area (Å²) in [6.07, 6.45) is 0. The van der Waals surface area contributed by atoms with Crippen LogP contribution in [0.25, 0.3) is 0 Å². The summed E-state index contributed by atoms with van der Waals surface area (Å²) >= 11 is 0. The lowest BCUT2D eigenvalue weighted by molar-refractivity contribution is -0.00926. The van der Waals surface area contributed by atoms with Gasteiger partial charge in [-0.2, -0.15) is 0 Å². The van der Waals surface area contributed by atoms with Gasteiger partial charge in [-0.3, -0.25) is 0 Å². The van der Waals surface area contributed by atoms with E-state index in [0.717, 1.165) is 0 Å². The first kappa shape index (κ1) is 7.53. The second-order valence-electron chi connectivity index (χ2n) is 0.862. The number of hydrogen-bond donors (Lipinski definition) is 0. The average Bonchev–Trinajstić information content (AvgIpc) is 1.72. The van der Waals surface area contributed by atoms with Gasteiger partial charge < -0.3 is 13.3 Å². The molecule has 6 heteroatoms. The van der Waals surface area contributed by atoms with Gasteiger partial charge in [0.05, 0.1) is 0 Å². The molecule has 0 saturated heterocycles. The third-order valence-electron chi connectivity index (χ3n) is 0.500. The standard InChI is InChI=1S/CH9O3Si3/c5-2-1(3-6)4-7/h5-7H3. The smallest absolute Gasteiger partial charge is 0.336 e. The second-order valence-corrected chi connectivity index (χ2v) is 2.09. The second kappa shape index (κ2) is 4.68. The maximum atomic E-state index is 4.73. The summed E-state index contributed by atoms with van der Waals surface area (Å²) in [5.41, 5.74) is 0. The van der Waals surface area contributed by atoms with Crippen LogP contribution in [0, 0.1) is 6.48 Å². The summed E-state index contributed by atoms with van der Waals surface area (Å²) in [5, 5.41) is 0. The van der Waals surface area contributed by atoms with Crippen LogP contribution in [0.5, 0.6) is 0 Å². The van der Waals surface area contributed by atoms with E-state index in [4.69, 9.17) is 13.3 Å². The van der Waals surface area contributed by atoms with E-state index in [9.17, 15) is 0 Å². The molecule has 0 atom stereocenters. The van der Waals surface area contributed by atoms with E-state index in [1.165, 1.54) is 0 Å². The molecule has 0 unspecified atom stereocenters. The fourth-order valence-electron chi connectivity index (χ4n) is 0.250. The summed E-state index contributed by atoms with van der Waals surface area (Å²) in [6.45, 7) is 0.366. The van der Waals surface area contributed by atoms with Gasteiger partial charge in [0.15, 0.2) is 31.5 Å². The Balaban J connectivity index is 2.99. The fraction of sp³-hybridized carbons (Fsp3) is 0. The highest BCUT2D eigenvalue weighted by molar-refractivity contribution is 6.02. The Morgan fingerprint density at radius 2 is 1.14 bits per heavy atom. The first-order chi connectivity index (χ1) is 3.35. The van der Waals surface area contributed by atoms with Crippen LogP contribution in [0.1, 0.15) is 0 Å². The van der Waals surface area contributed by atoms with Crippen molar-refractivity contribution in [3.8, 4) is 0 Å². The van der Waals surface area contributed by atoms with Crippen LogP contribution in [0.15, 0.2) is 0 Å². The lowest BCUT2D eigenvalue weighted by Crippen LogP contribution is -2.06. The molecule has 1 radical (unpaired) electrons. The molecule has 0 aliphatic heterocycles. The van der Waals surface area contributed by atoms with E-state index >= 15 is 0 Å². The minimum Gasteiger partial charge on any atom is -0.375 e. The van der Waals surface area contributed by atoms with Crippen molar-refractivity contribution in [3.05, 3.63) is 6.48 Å². The van der Waals surface area contributed by atoms with Crippen molar-refractivity contribution >= 4 is 31.5 Å². The van der Waals surface area contributed by atoms with Gasteiger partial charge in [0, 0.05) is 0 Å². The summed E-state index contributed by atoms with van der Waals surface area (Å²) < 4.78 is 14.2. The molecule has 7 heavy (non-hydrogen) atoms. The Bertz CT molecular complexity index is 31.7. The van der Waals surface area contributed by atoms with Gasteiger partial charge in [0.2, 0.25) is 0 Å². The zero-order valence-electron chi connectivity index (χ0n) is 4.72. The third-order valence-corrected chi connectivity index (χ3v) is 1.50. The molecular weight excluding hydrogens is 144 g/mol. The SMILES string of the molecule is [SiH3]O[C](O[SiH3])O[SiH3]. The quantitative estimate of drug-likeness (QED) is 0.391. The molecule has 0 aromatic carbocycles. The Labute approximate surface area is 52.0 Å². The monoisotopic (exact) mass is 153 g/mol. The lowest BCUT2D eigenvalue weighted by atomic mass is 11.4. The number of rotatable bonds is 3. The summed E-state index contributed by atoms with van der Waals surface area (Å²) in [6, 6.07) is 0. The molecule has 0 bridgehead atoms. The fourth-order valence-corrected chi connectivity index (χ4v) is 2.25. The topological polar surface area (TPSA) is 27.7 Å². The molecule has 0 amide bonds. The van der Waals surface area contributed by atoms with Crippen molar-refractivity contribution < 1.29 is 13.3 Å². The highest BCUT2D eigenvalue weighted by Crippen LogP contribution is 1.96. The van der Waals surface area contributed by atoms with Crippen molar-refractivity contribution in [3.63, 3.8) is 0 Å². The molecule has 0 fully saturated rings. The average molecular weight is 153 g/mol. The van der Waals surface area contributed by atoms with Crippen molar-refractivity contribution in [2.45, 2.75) is 0 Å². The molecule has 0 heterocycles. The summed E-state index contributed by atoms with van der Waals surface area (Å²) in [4.78, 5) is 0. The van der Waals surface area contributed by atoms with E-state index in [1.807, 2.05) is 0 Å². The molecule has 0 N–H and O–H groups in total. The highest BCUT2D eigenvalue weighted by atomic mass is 28.2. The Hall–Kier alpha value is 0.531. The zero-order valence-corrected chi connectivity index (χ0v) is 10.7. The van der Waals surface area contributed by atoms with Crippen molar-refractivity contribution in [2.24, 2.45) is 0 Å². The van der Waals surface area contributed by atoms with Gasteiger partial charge in [0.25, 0.3) is 0 Å². The third kappa shape index (κ3) is 3.14. The van der Waals surface area contributed by atoms with Crippen LogP contribution < -0.4 is 0 Å². The molecule has 0 rings (SSSR count). The van der Waals surface area contributed by atoms with Crippen molar-refractivity contribution in [1.82, 2.24) is 0 Å². The van der Waals surface area contributed by atoms with Crippen molar-refractivity contribution in [1.29, 1.82) is 0 Å². The Morgan fingerprint density at radius 3 is 1.14 bits per heavy atom. The molecular formula is CH9O3Si3. The van der Waals surface area contributed by atoms with Crippen LogP contribution in [0.4, 0.5) is 0 Å². The molecule has 43 valence electrons. The van der Waals surface area contributed by atoms with E-state index in [1.54, 1.807) is 0 Å². The maximum Gasteiger partial charge on any atom is 0.336 e. The van der Waals surface area contributed by atoms with Crippen LogP contribution in [-0.2, 0) is 13.3 Å². The lowest BCUT2D eigenvalue weighted by Gasteiger charge is -2.07. The van der Waals surface area contributed by atoms with Gasteiger partial charge in [-0.05, 0) is 0 Å².